The lowest BCUT2D eigenvalue weighted by molar-refractivity contribution is 1.32. The predicted molar refractivity (Wildman–Crippen MR) is 97.4 cm³/mol. The lowest BCUT2D eigenvalue weighted by atomic mass is 9.95. The summed E-state index contributed by atoms with van der Waals surface area (Å²) in [5.74, 6) is 0. The third-order valence-electron chi connectivity index (χ3n) is 3.83. The van der Waals surface area contributed by atoms with Gasteiger partial charge in [0.2, 0.25) is 0 Å². The Bertz CT molecular complexity index is 1010. The molecule has 22 heavy (non-hydrogen) atoms. The molecule has 0 radical (unpaired) electrons. The van der Waals surface area contributed by atoms with E-state index in [0.717, 1.165) is 15.7 Å². The first kappa shape index (κ1) is 13.7. The second-order valence-electron chi connectivity index (χ2n) is 5.17. The van der Waals surface area contributed by atoms with E-state index >= 15 is 0 Å². The van der Waals surface area contributed by atoms with Crippen LogP contribution in [0.15, 0.2) is 71.3 Å². The number of rotatable bonds is 1. The number of aromatic nitrogens is 1. The molecule has 0 N–H and O–H groups in total. The van der Waals surface area contributed by atoms with Crippen molar-refractivity contribution in [2.45, 2.75) is 0 Å². The van der Waals surface area contributed by atoms with Gasteiger partial charge in [-0.25, -0.2) is 0 Å². The highest BCUT2D eigenvalue weighted by Crippen LogP contribution is 2.37. The van der Waals surface area contributed by atoms with Crippen LogP contribution in [-0.2, 0) is 0 Å². The van der Waals surface area contributed by atoms with Gasteiger partial charge in [-0.1, -0.05) is 60.1 Å². The Labute approximate surface area is 141 Å². The van der Waals surface area contributed by atoms with Crippen LogP contribution in [-0.4, -0.2) is 4.98 Å². The Morgan fingerprint density at radius 2 is 1.50 bits per heavy atom. The normalized spacial score (nSPS) is 11.2. The van der Waals surface area contributed by atoms with Crippen LogP contribution in [0.25, 0.3) is 32.8 Å². The van der Waals surface area contributed by atoms with Crippen molar-refractivity contribution in [1.29, 1.82) is 0 Å². The summed E-state index contributed by atoms with van der Waals surface area (Å²) < 4.78 is 0.903. The Hall–Kier alpha value is -1.90. The van der Waals surface area contributed by atoms with Gasteiger partial charge in [0.15, 0.2) is 0 Å². The molecule has 4 aromatic rings. The van der Waals surface area contributed by atoms with E-state index in [-0.39, 0.29) is 0 Å². The van der Waals surface area contributed by atoms with E-state index in [0.29, 0.717) is 5.02 Å². The Balaban J connectivity index is 2.16. The molecule has 0 amide bonds. The van der Waals surface area contributed by atoms with Gasteiger partial charge in [-0.3, -0.25) is 4.98 Å². The number of hydrogen-bond donors (Lipinski definition) is 0. The molecule has 0 fully saturated rings. The number of hydrogen-bond acceptors (Lipinski definition) is 1. The Morgan fingerprint density at radius 1 is 0.818 bits per heavy atom. The molecule has 1 aromatic heterocycles. The molecular weight excluding hydrogens is 358 g/mol. The number of halogens is 2. The lowest BCUT2D eigenvalue weighted by Crippen LogP contribution is -1.89. The number of nitrogens with zero attached hydrogens (tertiary/aromatic N) is 1. The van der Waals surface area contributed by atoms with E-state index in [4.69, 9.17) is 11.6 Å². The average Bonchev–Trinajstić information content (AvgIpc) is 2.54. The fraction of sp³-hybridized carbons (Fsp3) is 0. The lowest BCUT2D eigenvalue weighted by Gasteiger charge is -2.11. The van der Waals surface area contributed by atoms with E-state index in [2.05, 4.69) is 75.5 Å². The molecule has 0 unspecified atom stereocenters. The molecule has 1 nitrogen and oxygen atoms in total. The van der Waals surface area contributed by atoms with Gasteiger partial charge in [0.1, 0.15) is 0 Å². The molecule has 0 aliphatic carbocycles. The van der Waals surface area contributed by atoms with E-state index in [1.54, 1.807) is 6.20 Å². The van der Waals surface area contributed by atoms with Gasteiger partial charge >= 0.3 is 0 Å². The van der Waals surface area contributed by atoms with Crippen molar-refractivity contribution in [3.05, 3.63) is 76.4 Å². The molecular formula is C19H11BrClN. The molecule has 1 heterocycles. The van der Waals surface area contributed by atoms with Gasteiger partial charge < -0.3 is 0 Å². The van der Waals surface area contributed by atoms with Crippen LogP contribution < -0.4 is 0 Å². The van der Waals surface area contributed by atoms with Gasteiger partial charge in [0.25, 0.3) is 0 Å². The van der Waals surface area contributed by atoms with Crippen LogP contribution in [0.1, 0.15) is 0 Å². The van der Waals surface area contributed by atoms with Crippen molar-refractivity contribution in [1.82, 2.24) is 4.98 Å². The Morgan fingerprint density at radius 3 is 2.27 bits per heavy atom. The summed E-state index contributed by atoms with van der Waals surface area (Å²) >= 11 is 9.61. The quantitative estimate of drug-likeness (QED) is 0.351. The minimum absolute atomic E-state index is 0.626. The number of fused-ring (bicyclic) bond motifs is 3. The number of pyridine rings is 1. The van der Waals surface area contributed by atoms with Gasteiger partial charge in [-0.05, 0) is 49.6 Å². The van der Waals surface area contributed by atoms with Gasteiger partial charge in [-0.2, -0.15) is 0 Å². The van der Waals surface area contributed by atoms with Gasteiger partial charge in [-0.15, -0.1) is 0 Å². The molecule has 0 bridgehead atoms. The second kappa shape index (κ2) is 5.38. The fourth-order valence-electron chi connectivity index (χ4n) is 2.86. The Kier molecular flexibility index (Phi) is 3.36. The van der Waals surface area contributed by atoms with E-state index in [9.17, 15) is 0 Å². The van der Waals surface area contributed by atoms with Crippen molar-refractivity contribution >= 4 is 49.1 Å². The molecule has 3 aromatic carbocycles. The predicted octanol–water partition coefficient (Wildman–Crippen LogP) is 6.47. The maximum absolute atomic E-state index is 6.03. The smallest absolute Gasteiger partial charge is 0.0851 e. The van der Waals surface area contributed by atoms with Crippen LogP contribution in [0.5, 0.6) is 0 Å². The summed E-state index contributed by atoms with van der Waals surface area (Å²) in [5.41, 5.74) is 2.02. The summed E-state index contributed by atoms with van der Waals surface area (Å²) in [6.07, 6.45) is 1.69. The summed E-state index contributed by atoms with van der Waals surface area (Å²) in [7, 11) is 0. The zero-order chi connectivity index (χ0) is 15.1. The SMILES string of the molecule is Clc1cnc(-c2cc3ccccc3c3ccccc23)c(Br)c1. The summed E-state index contributed by atoms with van der Waals surface area (Å²) in [6.45, 7) is 0. The molecule has 0 aliphatic heterocycles. The van der Waals surface area contributed by atoms with Crippen LogP contribution in [0, 0.1) is 0 Å². The summed E-state index contributed by atoms with van der Waals surface area (Å²) in [6, 6.07) is 20.9. The maximum Gasteiger partial charge on any atom is 0.0851 e. The molecule has 106 valence electrons. The zero-order valence-electron chi connectivity index (χ0n) is 11.6. The highest BCUT2D eigenvalue weighted by Gasteiger charge is 2.12. The highest BCUT2D eigenvalue weighted by atomic mass is 79.9. The summed E-state index contributed by atoms with van der Waals surface area (Å²) in [4.78, 5) is 4.53. The standard InChI is InChI=1S/C19H11BrClN/c20-18-10-13(21)11-22-19(18)17-9-12-5-1-2-6-14(12)15-7-3-4-8-16(15)17/h1-11H. The minimum Gasteiger partial charge on any atom is -0.253 e. The average molecular weight is 369 g/mol. The molecule has 0 saturated heterocycles. The van der Waals surface area contributed by atoms with Crippen molar-refractivity contribution in [3.63, 3.8) is 0 Å². The zero-order valence-corrected chi connectivity index (χ0v) is 13.9. The fourth-order valence-corrected chi connectivity index (χ4v) is 3.72. The number of benzene rings is 3. The first-order valence-electron chi connectivity index (χ1n) is 6.96. The molecule has 0 atom stereocenters. The largest absolute Gasteiger partial charge is 0.253 e. The van der Waals surface area contributed by atoms with Crippen molar-refractivity contribution < 1.29 is 0 Å². The minimum atomic E-state index is 0.626. The van der Waals surface area contributed by atoms with Crippen molar-refractivity contribution in [3.8, 4) is 11.3 Å². The first-order chi connectivity index (χ1) is 10.7. The molecule has 0 saturated carbocycles. The molecule has 4 rings (SSSR count). The van der Waals surface area contributed by atoms with Crippen molar-refractivity contribution in [2.24, 2.45) is 0 Å². The molecule has 3 heteroatoms. The monoisotopic (exact) mass is 367 g/mol. The first-order valence-corrected chi connectivity index (χ1v) is 8.13. The molecule has 0 spiro atoms. The van der Waals surface area contributed by atoms with E-state index < -0.39 is 0 Å². The van der Waals surface area contributed by atoms with Crippen LogP contribution in [0.3, 0.4) is 0 Å². The maximum atomic E-state index is 6.03. The molecule has 0 aliphatic rings. The topological polar surface area (TPSA) is 12.9 Å². The van der Waals surface area contributed by atoms with Crippen LogP contribution in [0.2, 0.25) is 5.02 Å². The second-order valence-corrected chi connectivity index (χ2v) is 6.47. The van der Waals surface area contributed by atoms with Crippen LogP contribution in [0.4, 0.5) is 0 Å². The van der Waals surface area contributed by atoms with E-state index in [1.807, 2.05) is 6.07 Å². The van der Waals surface area contributed by atoms with E-state index in [1.165, 1.54) is 21.5 Å². The third kappa shape index (κ3) is 2.20. The van der Waals surface area contributed by atoms with Gasteiger partial charge in [0.05, 0.1) is 10.7 Å². The third-order valence-corrected chi connectivity index (χ3v) is 4.64. The summed E-state index contributed by atoms with van der Waals surface area (Å²) in [5, 5.41) is 5.52. The van der Waals surface area contributed by atoms with Crippen molar-refractivity contribution in [2.75, 3.05) is 0 Å². The highest BCUT2D eigenvalue weighted by molar-refractivity contribution is 9.10. The van der Waals surface area contributed by atoms with Gasteiger partial charge in [0, 0.05) is 16.2 Å². The van der Waals surface area contributed by atoms with Crippen LogP contribution >= 0.6 is 27.5 Å².